The molecule has 0 aromatic heterocycles. The van der Waals surface area contributed by atoms with Crippen LogP contribution in [-0.4, -0.2) is 23.5 Å². The zero-order valence-corrected chi connectivity index (χ0v) is 24.7. The van der Waals surface area contributed by atoms with Gasteiger partial charge in [-0.3, -0.25) is 4.90 Å². The molecule has 0 rings (SSSR count). The van der Waals surface area contributed by atoms with E-state index in [0.717, 1.165) is 0 Å². The lowest BCUT2D eigenvalue weighted by Gasteiger charge is -2.43. The standard InChI is InChI=1S/C32H67N/c1-8-10-12-14-16-18-20-22-24-26-28-33(32(6,7)30-31(3,4)5)29-27-25-23-21-19-17-15-13-11-9-2/h8-30H2,1-7H3. The highest BCUT2D eigenvalue weighted by Gasteiger charge is 2.30. The second kappa shape index (κ2) is 21.3. The van der Waals surface area contributed by atoms with E-state index in [1.165, 1.54) is 148 Å². The summed E-state index contributed by atoms with van der Waals surface area (Å²) in [5.74, 6) is 0. The summed E-state index contributed by atoms with van der Waals surface area (Å²) in [6.45, 7) is 19.5. The molecule has 0 saturated carbocycles. The fraction of sp³-hybridized carbons (Fsp3) is 1.00. The summed E-state index contributed by atoms with van der Waals surface area (Å²) in [4.78, 5) is 2.85. The lowest BCUT2D eigenvalue weighted by atomic mass is 9.80. The van der Waals surface area contributed by atoms with Gasteiger partial charge in [-0.05, 0) is 51.6 Å². The molecule has 0 aliphatic heterocycles. The molecule has 0 atom stereocenters. The first-order valence-electron chi connectivity index (χ1n) is 15.5. The molecule has 33 heavy (non-hydrogen) atoms. The van der Waals surface area contributed by atoms with E-state index in [-0.39, 0.29) is 0 Å². The second-order valence-corrected chi connectivity index (χ2v) is 12.9. The number of unbranched alkanes of at least 4 members (excludes halogenated alkanes) is 18. The monoisotopic (exact) mass is 466 g/mol. The molecule has 0 fully saturated rings. The van der Waals surface area contributed by atoms with Gasteiger partial charge < -0.3 is 0 Å². The molecule has 0 saturated heterocycles. The maximum Gasteiger partial charge on any atom is 0.0158 e. The highest BCUT2D eigenvalue weighted by atomic mass is 15.2. The Kier molecular flexibility index (Phi) is 21.2. The lowest BCUT2D eigenvalue weighted by molar-refractivity contribution is 0.0730. The molecule has 0 heterocycles. The minimum atomic E-state index is 0.316. The molecule has 0 spiro atoms. The topological polar surface area (TPSA) is 3.24 Å². The van der Waals surface area contributed by atoms with Crippen molar-refractivity contribution in [3.8, 4) is 0 Å². The molecule has 0 unspecified atom stereocenters. The van der Waals surface area contributed by atoms with Gasteiger partial charge in [0.1, 0.15) is 0 Å². The molecular weight excluding hydrogens is 398 g/mol. The molecule has 1 nitrogen and oxygen atoms in total. The highest BCUT2D eigenvalue weighted by Crippen LogP contribution is 2.32. The van der Waals surface area contributed by atoms with Gasteiger partial charge in [-0.1, -0.05) is 150 Å². The summed E-state index contributed by atoms with van der Waals surface area (Å²) in [7, 11) is 0. The summed E-state index contributed by atoms with van der Waals surface area (Å²) >= 11 is 0. The van der Waals surface area contributed by atoms with Crippen LogP contribution in [0, 0.1) is 5.41 Å². The summed E-state index contributed by atoms with van der Waals surface area (Å²) in [6, 6.07) is 0. The summed E-state index contributed by atoms with van der Waals surface area (Å²) in [5, 5.41) is 0. The van der Waals surface area contributed by atoms with E-state index in [9.17, 15) is 0 Å². The smallest absolute Gasteiger partial charge is 0.0158 e. The first kappa shape index (κ1) is 33.0. The van der Waals surface area contributed by atoms with Crippen molar-refractivity contribution in [3.63, 3.8) is 0 Å². The van der Waals surface area contributed by atoms with Crippen molar-refractivity contribution in [2.24, 2.45) is 5.41 Å². The Balaban J connectivity index is 4.13. The molecule has 1 heteroatoms. The highest BCUT2D eigenvalue weighted by molar-refractivity contribution is 4.86. The van der Waals surface area contributed by atoms with E-state index < -0.39 is 0 Å². The third-order valence-corrected chi connectivity index (χ3v) is 7.38. The quantitative estimate of drug-likeness (QED) is 0.128. The van der Waals surface area contributed by atoms with Gasteiger partial charge in [0.05, 0.1) is 0 Å². The van der Waals surface area contributed by atoms with Crippen LogP contribution >= 0.6 is 0 Å². The predicted octanol–water partition coefficient (Wildman–Crippen LogP) is 11.3. The first-order chi connectivity index (χ1) is 15.7. The summed E-state index contributed by atoms with van der Waals surface area (Å²) in [6.07, 6.45) is 30.0. The Labute approximate surface area is 212 Å². The fourth-order valence-corrected chi connectivity index (χ4v) is 5.71. The van der Waals surface area contributed by atoms with Crippen molar-refractivity contribution in [3.05, 3.63) is 0 Å². The van der Waals surface area contributed by atoms with Crippen LogP contribution in [0.25, 0.3) is 0 Å². The zero-order valence-electron chi connectivity index (χ0n) is 24.7. The molecule has 0 radical (unpaired) electrons. The average molecular weight is 466 g/mol. The number of rotatable bonds is 24. The lowest BCUT2D eigenvalue weighted by Crippen LogP contribution is -2.47. The Hall–Kier alpha value is -0.0400. The molecule has 0 aliphatic rings. The molecule has 0 bridgehead atoms. The van der Waals surface area contributed by atoms with Gasteiger partial charge in [-0.15, -0.1) is 0 Å². The zero-order chi connectivity index (χ0) is 24.8. The largest absolute Gasteiger partial charge is 0.298 e. The number of hydrogen-bond acceptors (Lipinski definition) is 1. The van der Waals surface area contributed by atoms with Crippen molar-refractivity contribution in [2.45, 2.75) is 189 Å². The maximum absolute atomic E-state index is 2.85. The van der Waals surface area contributed by atoms with Crippen LogP contribution in [0.5, 0.6) is 0 Å². The van der Waals surface area contributed by atoms with Crippen LogP contribution in [0.3, 0.4) is 0 Å². The van der Waals surface area contributed by atoms with E-state index in [0.29, 0.717) is 11.0 Å². The van der Waals surface area contributed by atoms with Crippen LogP contribution in [0.4, 0.5) is 0 Å². The van der Waals surface area contributed by atoms with Crippen molar-refractivity contribution in [1.82, 2.24) is 4.90 Å². The minimum absolute atomic E-state index is 0.316. The summed E-state index contributed by atoms with van der Waals surface area (Å²) < 4.78 is 0. The number of nitrogens with zero attached hydrogens (tertiary/aromatic N) is 1. The van der Waals surface area contributed by atoms with Gasteiger partial charge >= 0.3 is 0 Å². The van der Waals surface area contributed by atoms with Gasteiger partial charge in [0, 0.05) is 5.54 Å². The van der Waals surface area contributed by atoms with Crippen LogP contribution < -0.4 is 0 Å². The summed E-state index contributed by atoms with van der Waals surface area (Å²) in [5.41, 5.74) is 0.716. The predicted molar refractivity (Wildman–Crippen MR) is 153 cm³/mol. The van der Waals surface area contributed by atoms with E-state index in [2.05, 4.69) is 53.4 Å². The molecule has 200 valence electrons. The Morgan fingerprint density at radius 3 is 0.939 bits per heavy atom. The second-order valence-electron chi connectivity index (χ2n) is 12.9. The van der Waals surface area contributed by atoms with Crippen LogP contribution in [-0.2, 0) is 0 Å². The van der Waals surface area contributed by atoms with E-state index >= 15 is 0 Å². The molecule has 0 amide bonds. The third-order valence-electron chi connectivity index (χ3n) is 7.38. The van der Waals surface area contributed by atoms with Gasteiger partial charge in [-0.2, -0.15) is 0 Å². The van der Waals surface area contributed by atoms with Gasteiger partial charge in [0.2, 0.25) is 0 Å². The van der Waals surface area contributed by atoms with Gasteiger partial charge in [-0.25, -0.2) is 0 Å². The normalized spacial score (nSPS) is 12.7. The fourth-order valence-electron chi connectivity index (χ4n) is 5.71. The van der Waals surface area contributed by atoms with E-state index in [1.54, 1.807) is 0 Å². The Morgan fingerprint density at radius 1 is 0.394 bits per heavy atom. The van der Waals surface area contributed by atoms with Crippen molar-refractivity contribution >= 4 is 0 Å². The maximum atomic E-state index is 2.85. The van der Waals surface area contributed by atoms with Crippen LogP contribution in [0.15, 0.2) is 0 Å². The first-order valence-corrected chi connectivity index (χ1v) is 15.5. The molecule has 0 aromatic carbocycles. The Bertz CT molecular complexity index is 368. The molecule has 0 N–H and O–H groups in total. The van der Waals surface area contributed by atoms with Crippen molar-refractivity contribution in [1.29, 1.82) is 0 Å². The molecule has 0 aromatic rings. The van der Waals surface area contributed by atoms with Crippen molar-refractivity contribution in [2.75, 3.05) is 13.1 Å². The van der Waals surface area contributed by atoms with Crippen LogP contribution in [0.1, 0.15) is 183 Å². The average Bonchev–Trinajstić information content (AvgIpc) is 2.73. The van der Waals surface area contributed by atoms with E-state index in [1.807, 2.05) is 0 Å². The van der Waals surface area contributed by atoms with Gasteiger partial charge in [0.15, 0.2) is 0 Å². The van der Waals surface area contributed by atoms with E-state index in [4.69, 9.17) is 0 Å². The van der Waals surface area contributed by atoms with Gasteiger partial charge in [0.25, 0.3) is 0 Å². The van der Waals surface area contributed by atoms with Crippen molar-refractivity contribution < 1.29 is 0 Å². The van der Waals surface area contributed by atoms with Crippen LogP contribution in [0.2, 0.25) is 0 Å². The Morgan fingerprint density at radius 2 is 0.667 bits per heavy atom. The molecular formula is C32H67N. The SMILES string of the molecule is CCCCCCCCCCCCN(CCCCCCCCCCCC)C(C)(C)CC(C)(C)C. The number of hydrogen-bond donors (Lipinski definition) is 0. The third kappa shape index (κ3) is 22.2. The molecule has 0 aliphatic carbocycles. The minimum Gasteiger partial charge on any atom is -0.298 e.